The molecule has 2 saturated heterocycles. The summed E-state index contributed by atoms with van der Waals surface area (Å²) in [6, 6.07) is 1.73. The SMILES string of the molecule is CCCNC(=O)N1C[C@@H]2CN(C(=O)c3cc(C)n(C)n3)CC[C@]2(c2nnc(C)o2)C1. The van der Waals surface area contributed by atoms with Crippen LogP contribution in [0, 0.1) is 19.8 Å². The number of piperidine rings is 1. The molecule has 0 unspecified atom stereocenters. The van der Waals surface area contributed by atoms with Gasteiger partial charge in [-0.2, -0.15) is 5.10 Å². The number of aryl methyl sites for hydroxylation is 3. The first kappa shape index (κ1) is 20.4. The molecule has 30 heavy (non-hydrogen) atoms. The largest absolute Gasteiger partial charge is 0.425 e. The summed E-state index contributed by atoms with van der Waals surface area (Å²) >= 11 is 0. The first-order valence-corrected chi connectivity index (χ1v) is 10.5. The van der Waals surface area contributed by atoms with Gasteiger partial charge in [-0.05, 0) is 25.8 Å². The molecule has 2 aromatic rings. The summed E-state index contributed by atoms with van der Waals surface area (Å²) in [5.74, 6) is 1.01. The maximum absolute atomic E-state index is 13.1. The molecule has 4 heterocycles. The van der Waals surface area contributed by atoms with Crippen LogP contribution in [0.15, 0.2) is 10.5 Å². The lowest BCUT2D eigenvalue weighted by molar-refractivity contribution is 0.0561. The lowest BCUT2D eigenvalue weighted by atomic mass is 9.72. The molecule has 2 fully saturated rings. The monoisotopic (exact) mass is 415 g/mol. The highest BCUT2D eigenvalue weighted by molar-refractivity contribution is 5.92. The molecule has 2 aromatic heterocycles. The Bertz CT molecular complexity index is 933. The molecule has 1 N–H and O–H groups in total. The second-order valence-corrected chi connectivity index (χ2v) is 8.39. The Kier molecular flexibility index (Phi) is 5.25. The van der Waals surface area contributed by atoms with Gasteiger partial charge in [0.15, 0.2) is 5.69 Å². The van der Waals surface area contributed by atoms with Crippen LogP contribution in [0.4, 0.5) is 4.79 Å². The van der Waals surface area contributed by atoms with Gasteiger partial charge in [-0.25, -0.2) is 4.79 Å². The first-order valence-electron chi connectivity index (χ1n) is 10.5. The minimum Gasteiger partial charge on any atom is -0.425 e. The van der Waals surface area contributed by atoms with Crippen LogP contribution in [-0.2, 0) is 12.5 Å². The van der Waals surface area contributed by atoms with Crippen LogP contribution in [0.1, 0.15) is 47.7 Å². The zero-order valence-electron chi connectivity index (χ0n) is 18.0. The van der Waals surface area contributed by atoms with Gasteiger partial charge in [-0.3, -0.25) is 9.48 Å². The van der Waals surface area contributed by atoms with Crippen molar-refractivity contribution in [2.75, 3.05) is 32.7 Å². The van der Waals surface area contributed by atoms with E-state index in [2.05, 4.69) is 20.6 Å². The Labute approximate surface area is 175 Å². The topological polar surface area (TPSA) is 109 Å². The molecule has 4 rings (SSSR count). The number of amides is 3. The van der Waals surface area contributed by atoms with E-state index in [-0.39, 0.29) is 17.9 Å². The molecule has 2 atom stereocenters. The van der Waals surface area contributed by atoms with Crippen molar-refractivity contribution in [2.24, 2.45) is 13.0 Å². The van der Waals surface area contributed by atoms with E-state index >= 15 is 0 Å². The highest BCUT2D eigenvalue weighted by Crippen LogP contribution is 2.45. The summed E-state index contributed by atoms with van der Waals surface area (Å²) in [7, 11) is 1.83. The van der Waals surface area contributed by atoms with Gasteiger partial charge in [-0.1, -0.05) is 6.92 Å². The first-order chi connectivity index (χ1) is 14.3. The molecule has 0 saturated carbocycles. The molecule has 0 aromatic carbocycles. The van der Waals surface area contributed by atoms with Crippen molar-refractivity contribution in [2.45, 2.75) is 39.0 Å². The molecule has 3 amide bonds. The quantitative estimate of drug-likeness (QED) is 0.805. The molecule has 162 valence electrons. The summed E-state index contributed by atoms with van der Waals surface area (Å²) in [5.41, 5.74) is 0.957. The Hall–Kier alpha value is -2.91. The lowest BCUT2D eigenvalue weighted by Crippen LogP contribution is -2.51. The van der Waals surface area contributed by atoms with E-state index in [4.69, 9.17) is 4.42 Å². The number of rotatable bonds is 4. The van der Waals surface area contributed by atoms with E-state index in [1.807, 2.05) is 36.8 Å². The van der Waals surface area contributed by atoms with Gasteiger partial charge in [0.25, 0.3) is 5.91 Å². The number of likely N-dealkylation sites (tertiary alicyclic amines) is 2. The summed E-state index contributed by atoms with van der Waals surface area (Å²) in [6.45, 7) is 8.48. The Morgan fingerprint density at radius 2 is 2.03 bits per heavy atom. The molecule has 10 nitrogen and oxygen atoms in total. The number of aromatic nitrogens is 4. The summed E-state index contributed by atoms with van der Waals surface area (Å²) in [4.78, 5) is 29.4. The molecule has 10 heteroatoms. The zero-order chi connectivity index (χ0) is 21.5. The number of hydrogen-bond acceptors (Lipinski definition) is 6. The highest BCUT2D eigenvalue weighted by atomic mass is 16.4. The maximum atomic E-state index is 13.1. The minimum absolute atomic E-state index is 0.0206. The van der Waals surface area contributed by atoms with Crippen LogP contribution >= 0.6 is 0 Å². The van der Waals surface area contributed by atoms with Gasteiger partial charge in [-0.15, -0.1) is 10.2 Å². The normalized spacial score (nSPS) is 23.5. The van der Waals surface area contributed by atoms with Gasteiger partial charge in [0.1, 0.15) is 0 Å². The number of carbonyl (C=O) groups excluding carboxylic acids is 2. The van der Waals surface area contributed by atoms with Gasteiger partial charge >= 0.3 is 6.03 Å². The minimum atomic E-state index is -0.429. The van der Waals surface area contributed by atoms with Crippen LogP contribution in [0.5, 0.6) is 0 Å². The molecule has 2 aliphatic rings. The number of nitrogens with zero attached hydrogens (tertiary/aromatic N) is 6. The van der Waals surface area contributed by atoms with Crippen LogP contribution in [0.2, 0.25) is 0 Å². The van der Waals surface area contributed by atoms with Crippen molar-refractivity contribution in [3.8, 4) is 0 Å². The smallest absolute Gasteiger partial charge is 0.317 e. The van der Waals surface area contributed by atoms with E-state index in [1.165, 1.54) is 0 Å². The van der Waals surface area contributed by atoms with Crippen LogP contribution in [-0.4, -0.2) is 74.4 Å². The molecule has 2 aliphatic heterocycles. The summed E-state index contributed by atoms with van der Waals surface area (Å²) in [5, 5.41) is 15.6. The van der Waals surface area contributed by atoms with Crippen molar-refractivity contribution in [1.29, 1.82) is 0 Å². The van der Waals surface area contributed by atoms with Crippen molar-refractivity contribution in [3.05, 3.63) is 29.2 Å². The van der Waals surface area contributed by atoms with E-state index in [0.717, 1.165) is 12.1 Å². The predicted octanol–water partition coefficient (Wildman–Crippen LogP) is 1.26. The molecular weight excluding hydrogens is 386 g/mol. The molecule has 0 bridgehead atoms. The number of fused-ring (bicyclic) bond motifs is 1. The molecule has 0 aliphatic carbocycles. The fourth-order valence-electron chi connectivity index (χ4n) is 4.54. The Morgan fingerprint density at radius 3 is 2.67 bits per heavy atom. The van der Waals surface area contributed by atoms with E-state index < -0.39 is 5.41 Å². The van der Waals surface area contributed by atoms with Crippen LogP contribution < -0.4 is 5.32 Å². The Morgan fingerprint density at radius 1 is 1.27 bits per heavy atom. The third-order valence-corrected chi connectivity index (χ3v) is 6.35. The average Bonchev–Trinajstić information content (AvgIpc) is 3.42. The van der Waals surface area contributed by atoms with E-state index in [9.17, 15) is 9.59 Å². The van der Waals surface area contributed by atoms with Crippen molar-refractivity contribution >= 4 is 11.9 Å². The maximum Gasteiger partial charge on any atom is 0.317 e. The molecule has 0 radical (unpaired) electrons. The molecular formula is C20H29N7O3. The third-order valence-electron chi connectivity index (χ3n) is 6.35. The van der Waals surface area contributed by atoms with E-state index in [0.29, 0.717) is 56.6 Å². The van der Waals surface area contributed by atoms with Crippen LogP contribution in [0.25, 0.3) is 0 Å². The zero-order valence-corrected chi connectivity index (χ0v) is 18.0. The summed E-state index contributed by atoms with van der Waals surface area (Å²) in [6.07, 6.45) is 1.54. The Balaban J connectivity index is 1.58. The third kappa shape index (κ3) is 3.44. The summed E-state index contributed by atoms with van der Waals surface area (Å²) < 4.78 is 7.54. The number of hydrogen-bond donors (Lipinski definition) is 1. The van der Waals surface area contributed by atoms with Gasteiger partial charge in [0.05, 0.1) is 5.41 Å². The standard InChI is InChI=1S/C20H29N7O3/c1-5-7-21-19(29)27-11-15-10-26(17(28)16-9-13(2)25(4)24-16)8-6-20(15,12-27)18-23-22-14(3)30-18/h9,15H,5-8,10-12H2,1-4H3,(H,21,29)/t15-,20-/m0/s1. The van der Waals surface area contributed by atoms with Gasteiger partial charge in [0, 0.05) is 58.3 Å². The van der Waals surface area contributed by atoms with Crippen molar-refractivity contribution in [1.82, 2.24) is 35.1 Å². The fraction of sp³-hybridized carbons (Fsp3) is 0.650. The van der Waals surface area contributed by atoms with Gasteiger partial charge < -0.3 is 19.5 Å². The van der Waals surface area contributed by atoms with E-state index in [1.54, 1.807) is 11.6 Å². The average molecular weight is 415 g/mol. The van der Waals surface area contributed by atoms with Crippen LogP contribution in [0.3, 0.4) is 0 Å². The van der Waals surface area contributed by atoms with Crippen molar-refractivity contribution < 1.29 is 14.0 Å². The second-order valence-electron chi connectivity index (χ2n) is 8.39. The number of urea groups is 1. The molecule has 0 spiro atoms. The van der Waals surface area contributed by atoms with Gasteiger partial charge in [0.2, 0.25) is 11.8 Å². The lowest BCUT2D eigenvalue weighted by Gasteiger charge is -2.40. The van der Waals surface area contributed by atoms with Crippen molar-refractivity contribution in [3.63, 3.8) is 0 Å². The second kappa shape index (κ2) is 7.73. The predicted molar refractivity (Wildman–Crippen MR) is 108 cm³/mol. The number of carbonyl (C=O) groups is 2. The number of nitrogens with one attached hydrogen (secondary N) is 1. The highest BCUT2D eigenvalue weighted by Gasteiger charge is 2.55. The fourth-order valence-corrected chi connectivity index (χ4v) is 4.54.